The molecular weight excluding hydrogens is 316 g/mol. The standard InChI is InChI=1S/C16H16N2O2S2/c1-11-9-21-16(17-11)22-10-14(19)12-4-6-13(7-5-12)18-8-2-3-15(18)20/h4-7,9H,2-3,8,10H2,1H3. The highest BCUT2D eigenvalue weighted by Gasteiger charge is 2.21. The molecule has 0 saturated carbocycles. The second-order valence-corrected chi connectivity index (χ2v) is 7.24. The Hall–Kier alpha value is -1.66. The topological polar surface area (TPSA) is 50.3 Å². The molecule has 1 aromatic heterocycles. The van der Waals surface area contributed by atoms with Gasteiger partial charge in [-0.05, 0) is 37.6 Å². The van der Waals surface area contributed by atoms with Crippen LogP contribution in [-0.2, 0) is 4.79 Å². The molecule has 0 atom stereocenters. The first-order chi connectivity index (χ1) is 10.6. The van der Waals surface area contributed by atoms with Crippen LogP contribution in [-0.4, -0.2) is 29.0 Å². The van der Waals surface area contributed by atoms with Crippen LogP contribution >= 0.6 is 23.1 Å². The fourth-order valence-electron chi connectivity index (χ4n) is 2.36. The molecule has 22 heavy (non-hydrogen) atoms. The van der Waals surface area contributed by atoms with Gasteiger partial charge in [0, 0.05) is 35.3 Å². The summed E-state index contributed by atoms with van der Waals surface area (Å²) in [6.07, 6.45) is 1.52. The molecule has 1 saturated heterocycles. The zero-order valence-corrected chi connectivity index (χ0v) is 13.9. The highest BCUT2D eigenvalue weighted by atomic mass is 32.2. The van der Waals surface area contributed by atoms with Gasteiger partial charge in [0.25, 0.3) is 0 Å². The van der Waals surface area contributed by atoms with E-state index in [2.05, 4.69) is 4.98 Å². The molecular formula is C16H16N2O2S2. The smallest absolute Gasteiger partial charge is 0.227 e. The van der Waals surface area contributed by atoms with Crippen molar-refractivity contribution in [1.82, 2.24) is 4.98 Å². The van der Waals surface area contributed by atoms with E-state index in [-0.39, 0.29) is 11.7 Å². The van der Waals surface area contributed by atoms with E-state index < -0.39 is 0 Å². The third-order valence-electron chi connectivity index (χ3n) is 3.50. The number of thiazole rings is 1. The lowest BCUT2D eigenvalue weighted by molar-refractivity contribution is -0.117. The van der Waals surface area contributed by atoms with E-state index in [4.69, 9.17) is 0 Å². The van der Waals surface area contributed by atoms with E-state index in [0.29, 0.717) is 17.7 Å². The predicted octanol–water partition coefficient (Wildman–Crippen LogP) is 3.55. The fraction of sp³-hybridized carbons (Fsp3) is 0.312. The monoisotopic (exact) mass is 332 g/mol. The molecule has 1 amide bonds. The van der Waals surface area contributed by atoms with E-state index >= 15 is 0 Å². The van der Waals surface area contributed by atoms with Gasteiger partial charge < -0.3 is 4.90 Å². The van der Waals surface area contributed by atoms with E-state index in [1.807, 2.05) is 24.4 Å². The number of ketones is 1. The fourth-order valence-corrected chi connectivity index (χ4v) is 4.10. The Labute approximate surface area is 137 Å². The summed E-state index contributed by atoms with van der Waals surface area (Å²) in [5.41, 5.74) is 2.54. The number of anilines is 1. The largest absolute Gasteiger partial charge is 0.312 e. The van der Waals surface area contributed by atoms with Gasteiger partial charge in [0.2, 0.25) is 5.91 Å². The van der Waals surface area contributed by atoms with Crippen LogP contribution in [0, 0.1) is 6.92 Å². The summed E-state index contributed by atoms with van der Waals surface area (Å²) < 4.78 is 0.921. The number of nitrogens with zero attached hydrogens (tertiary/aromatic N) is 2. The van der Waals surface area contributed by atoms with Gasteiger partial charge in [0.15, 0.2) is 10.1 Å². The summed E-state index contributed by atoms with van der Waals surface area (Å²) in [4.78, 5) is 30.0. The summed E-state index contributed by atoms with van der Waals surface area (Å²) in [5.74, 6) is 0.625. The van der Waals surface area contributed by atoms with Crippen LogP contribution in [0.4, 0.5) is 5.69 Å². The molecule has 2 aromatic rings. The number of Topliss-reactive ketones (excluding diaryl/α,β-unsaturated/α-hetero) is 1. The lowest BCUT2D eigenvalue weighted by Gasteiger charge is -2.15. The van der Waals surface area contributed by atoms with Gasteiger partial charge in [-0.3, -0.25) is 9.59 Å². The van der Waals surface area contributed by atoms with Crippen molar-refractivity contribution in [3.63, 3.8) is 0 Å². The van der Waals surface area contributed by atoms with E-state index in [0.717, 1.165) is 28.7 Å². The van der Waals surface area contributed by atoms with E-state index in [9.17, 15) is 9.59 Å². The van der Waals surface area contributed by atoms with E-state index in [1.54, 1.807) is 28.4 Å². The number of carbonyl (C=O) groups is 2. The summed E-state index contributed by atoms with van der Waals surface area (Å²) >= 11 is 3.03. The maximum absolute atomic E-state index is 12.2. The predicted molar refractivity (Wildman–Crippen MR) is 89.9 cm³/mol. The minimum Gasteiger partial charge on any atom is -0.312 e. The Morgan fingerprint density at radius 3 is 2.73 bits per heavy atom. The quantitative estimate of drug-likeness (QED) is 0.620. The number of aromatic nitrogens is 1. The molecule has 2 heterocycles. The minimum atomic E-state index is 0.0807. The highest BCUT2D eigenvalue weighted by molar-refractivity contribution is 8.01. The third kappa shape index (κ3) is 3.39. The second-order valence-electron chi connectivity index (χ2n) is 5.16. The van der Waals surface area contributed by atoms with Crippen molar-refractivity contribution in [3.05, 3.63) is 40.9 Å². The third-order valence-corrected chi connectivity index (χ3v) is 5.64. The Balaban J connectivity index is 1.62. The van der Waals surface area contributed by atoms with Gasteiger partial charge in [0.1, 0.15) is 0 Å². The summed E-state index contributed by atoms with van der Waals surface area (Å²) in [6.45, 7) is 2.71. The number of benzene rings is 1. The van der Waals surface area contributed by atoms with Gasteiger partial charge in [-0.15, -0.1) is 11.3 Å². The number of hydrogen-bond donors (Lipinski definition) is 0. The molecule has 0 radical (unpaired) electrons. The molecule has 0 spiro atoms. The zero-order valence-electron chi connectivity index (χ0n) is 12.2. The highest BCUT2D eigenvalue weighted by Crippen LogP contribution is 2.25. The molecule has 1 aliphatic heterocycles. The van der Waals surface area contributed by atoms with Crippen molar-refractivity contribution < 1.29 is 9.59 Å². The first-order valence-electron chi connectivity index (χ1n) is 7.12. The first-order valence-corrected chi connectivity index (χ1v) is 8.98. The van der Waals surface area contributed by atoms with Crippen molar-refractivity contribution in [1.29, 1.82) is 0 Å². The average Bonchev–Trinajstić information content (AvgIpc) is 3.13. The van der Waals surface area contributed by atoms with Crippen LogP contribution in [0.3, 0.4) is 0 Å². The molecule has 0 N–H and O–H groups in total. The van der Waals surface area contributed by atoms with Crippen molar-refractivity contribution in [2.75, 3.05) is 17.2 Å². The van der Waals surface area contributed by atoms with Crippen molar-refractivity contribution >= 4 is 40.5 Å². The molecule has 6 heteroatoms. The minimum absolute atomic E-state index is 0.0807. The molecule has 1 aromatic carbocycles. The van der Waals surface area contributed by atoms with Crippen LogP contribution in [0.2, 0.25) is 0 Å². The maximum atomic E-state index is 12.2. The number of hydrogen-bond acceptors (Lipinski definition) is 5. The SMILES string of the molecule is Cc1csc(SCC(=O)c2ccc(N3CCCC3=O)cc2)n1. The summed E-state index contributed by atoms with van der Waals surface area (Å²) in [7, 11) is 0. The molecule has 4 nitrogen and oxygen atoms in total. The lowest BCUT2D eigenvalue weighted by atomic mass is 10.1. The van der Waals surface area contributed by atoms with Gasteiger partial charge in [-0.2, -0.15) is 0 Å². The van der Waals surface area contributed by atoms with Gasteiger partial charge in [0.05, 0.1) is 5.75 Å². The Bertz CT molecular complexity index is 694. The average molecular weight is 332 g/mol. The van der Waals surface area contributed by atoms with Gasteiger partial charge in [-0.25, -0.2) is 4.98 Å². The zero-order chi connectivity index (χ0) is 15.5. The number of rotatable bonds is 5. The Morgan fingerprint density at radius 2 is 2.14 bits per heavy atom. The summed E-state index contributed by atoms with van der Waals surface area (Å²) in [5, 5.41) is 1.98. The van der Waals surface area contributed by atoms with Crippen LogP contribution in [0.15, 0.2) is 34.0 Å². The second kappa shape index (κ2) is 6.62. The van der Waals surface area contributed by atoms with Crippen LogP contribution < -0.4 is 4.90 Å². The maximum Gasteiger partial charge on any atom is 0.227 e. The molecule has 0 bridgehead atoms. The van der Waals surface area contributed by atoms with Crippen LogP contribution in [0.5, 0.6) is 0 Å². The van der Waals surface area contributed by atoms with E-state index in [1.165, 1.54) is 11.8 Å². The summed E-state index contributed by atoms with van der Waals surface area (Å²) in [6, 6.07) is 7.32. The van der Waals surface area contributed by atoms with Crippen molar-refractivity contribution in [2.24, 2.45) is 0 Å². The lowest BCUT2D eigenvalue weighted by Crippen LogP contribution is -2.23. The number of thioether (sulfide) groups is 1. The molecule has 0 aliphatic carbocycles. The van der Waals surface area contributed by atoms with Crippen molar-refractivity contribution in [3.8, 4) is 0 Å². The first kappa shape index (κ1) is 15.2. The van der Waals surface area contributed by atoms with Crippen molar-refractivity contribution in [2.45, 2.75) is 24.1 Å². The molecule has 3 rings (SSSR count). The number of aryl methyl sites for hydroxylation is 1. The molecule has 1 aliphatic rings. The Morgan fingerprint density at radius 1 is 1.36 bits per heavy atom. The molecule has 114 valence electrons. The number of carbonyl (C=O) groups excluding carboxylic acids is 2. The normalized spacial score (nSPS) is 14.6. The van der Waals surface area contributed by atoms with Gasteiger partial charge in [-0.1, -0.05) is 11.8 Å². The Kier molecular flexibility index (Phi) is 4.59. The number of amides is 1. The molecule has 1 fully saturated rings. The van der Waals surface area contributed by atoms with Crippen LogP contribution in [0.25, 0.3) is 0 Å². The van der Waals surface area contributed by atoms with Crippen LogP contribution in [0.1, 0.15) is 28.9 Å². The molecule has 0 unspecified atom stereocenters. The van der Waals surface area contributed by atoms with Gasteiger partial charge >= 0.3 is 0 Å².